The first-order valence-corrected chi connectivity index (χ1v) is 17.0. The van der Waals surface area contributed by atoms with Crippen molar-refractivity contribution in [1.29, 1.82) is 0 Å². The molecule has 7 nitrogen and oxygen atoms in total. The van der Waals surface area contributed by atoms with Gasteiger partial charge in [0, 0.05) is 29.2 Å². The van der Waals surface area contributed by atoms with Gasteiger partial charge >= 0.3 is 5.97 Å². The number of esters is 1. The number of benzene rings is 4. The highest BCUT2D eigenvalue weighted by molar-refractivity contribution is 6.12. The monoisotopic (exact) mass is 648 g/mol. The summed E-state index contributed by atoms with van der Waals surface area (Å²) in [6.07, 6.45) is 7.83. The number of amides is 1. The van der Waals surface area contributed by atoms with Crippen LogP contribution >= 0.6 is 0 Å². The Bertz CT molecular complexity index is 1560. The van der Waals surface area contributed by atoms with Crippen molar-refractivity contribution in [1.82, 2.24) is 5.32 Å². The summed E-state index contributed by atoms with van der Waals surface area (Å²) in [5.41, 5.74) is 3.68. The van der Waals surface area contributed by atoms with Crippen molar-refractivity contribution in [2.75, 3.05) is 25.6 Å². The van der Waals surface area contributed by atoms with E-state index in [1.165, 1.54) is 31.9 Å². The number of methoxy groups -OCH3 is 1. The van der Waals surface area contributed by atoms with Gasteiger partial charge in [0.05, 0.1) is 13.7 Å². The van der Waals surface area contributed by atoms with Gasteiger partial charge in [-0.1, -0.05) is 124 Å². The molecule has 4 aromatic rings. The molecule has 0 aliphatic rings. The molecule has 48 heavy (non-hydrogen) atoms. The van der Waals surface area contributed by atoms with Gasteiger partial charge in [-0.2, -0.15) is 0 Å². The Balaban J connectivity index is 1.29. The van der Waals surface area contributed by atoms with Crippen molar-refractivity contribution in [3.05, 3.63) is 131 Å². The minimum atomic E-state index is -0.711. The van der Waals surface area contributed by atoms with E-state index < -0.39 is 12.0 Å². The number of carbonyl (C=O) groups is 3. The molecule has 0 aliphatic carbocycles. The lowest BCUT2D eigenvalue weighted by atomic mass is 9.92. The fraction of sp³-hybridized carbons (Fsp3) is 0.341. The quantitative estimate of drug-likeness (QED) is 0.0577. The molecule has 2 atom stereocenters. The smallest absolute Gasteiger partial charge is 0.328 e. The van der Waals surface area contributed by atoms with E-state index in [2.05, 4.69) is 29.7 Å². The molecule has 252 valence electrons. The third-order valence-corrected chi connectivity index (χ3v) is 8.41. The summed E-state index contributed by atoms with van der Waals surface area (Å²) in [6, 6.07) is 33.2. The summed E-state index contributed by atoms with van der Waals surface area (Å²) in [5.74, 6) is 0.120. The van der Waals surface area contributed by atoms with E-state index >= 15 is 0 Å². The Morgan fingerprint density at radius 3 is 2.06 bits per heavy atom. The average molecular weight is 649 g/mol. The highest BCUT2D eigenvalue weighted by Crippen LogP contribution is 2.23. The molecule has 0 bridgehead atoms. The SMILES string of the molecule is CCCCCCCC(Cc1ccccc1)C(=O)NCCOc1ccc(CC(Nc2ccccc2C(=O)c2ccccc2)C(=O)OC)cc1. The van der Waals surface area contributed by atoms with E-state index in [0.717, 1.165) is 31.2 Å². The minimum absolute atomic E-state index is 0.0619. The molecule has 0 fully saturated rings. The van der Waals surface area contributed by atoms with E-state index in [4.69, 9.17) is 9.47 Å². The van der Waals surface area contributed by atoms with Crippen molar-refractivity contribution in [2.24, 2.45) is 5.92 Å². The number of rotatable bonds is 20. The lowest BCUT2D eigenvalue weighted by Gasteiger charge is -2.20. The number of anilines is 1. The largest absolute Gasteiger partial charge is 0.492 e. The molecule has 0 radical (unpaired) electrons. The zero-order valence-corrected chi connectivity index (χ0v) is 28.2. The van der Waals surface area contributed by atoms with E-state index in [1.807, 2.05) is 66.7 Å². The van der Waals surface area contributed by atoms with Gasteiger partial charge in [-0.15, -0.1) is 0 Å². The van der Waals surface area contributed by atoms with E-state index in [1.54, 1.807) is 30.3 Å². The van der Waals surface area contributed by atoms with Crippen LogP contribution in [0.4, 0.5) is 5.69 Å². The molecule has 4 rings (SSSR count). The third-order valence-electron chi connectivity index (χ3n) is 8.41. The highest BCUT2D eigenvalue weighted by atomic mass is 16.5. The second-order valence-electron chi connectivity index (χ2n) is 12.0. The second-order valence-corrected chi connectivity index (χ2v) is 12.0. The van der Waals surface area contributed by atoms with Crippen molar-refractivity contribution in [2.45, 2.75) is 64.3 Å². The van der Waals surface area contributed by atoms with Crippen LogP contribution in [0.25, 0.3) is 0 Å². The van der Waals surface area contributed by atoms with Crippen LogP contribution in [-0.4, -0.2) is 44.0 Å². The lowest BCUT2D eigenvalue weighted by molar-refractivity contribution is -0.141. The molecule has 0 saturated heterocycles. The maximum Gasteiger partial charge on any atom is 0.328 e. The molecule has 1 amide bonds. The highest BCUT2D eigenvalue weighted by Gasteiger charge is 2.23. The van der Waals surface area contributed by atoms with Gasteiger partial charge in [-0.3, -0.25) is 9.59 Å². The predicted molar refractivity (Wildman–Crippen MR) is 191 cm³/mol. The molecular weight excluding hydrogens is 600 g/mol. The molecule has 2 unspecified atom stereocenters. The summed E-state index contributed by atoms with van der Waals surface area (Å²) in [7, 11) is 1.35. The summed E-state index contributed by atoms with van der Waals surface area (Å²) >= 11 is 0. The van der Waals surface area contributed by atoms with Crippen molar-refractivity contribution >= 4 is 23.3 Å². The van der Waals surface area contributed by atoms with Crippen LogP contribution in [0, 0.1) is 5.92 Å². The number of hydrogen-bond acceptors (Lipinski definition) is 6. The Kier molecular flexibility index (Phi) is 14.7. The van der Waals surface area contributed by atoms with Crippen LogP contribution in [0.15, 0.2) is 109 Å². The second kappa shape index (κ2) is 19.7. The minimum Gasteiger partial charge on any atom is -0.492 e. The van der Waals surface area contributed by atoms with E-state index in [-0.39, 0.29) is 17.6 Å². The molecule has 0 aromatic heterocycles. The number of ether oxygens (including phenoxy) is 2. The molecule has 0 saturated carbocycles. The van der Waals surface area contributed by atoms with Crippen LogP contribution in [0.5, 0.6) is 5.75 Å². The Morgan fingerprint density at radius 2 is 1.35 bits per heavy atom. The molecule has 4 aromatic carbocycles. The molecule has 0 heterocycles. The van der Waals surface area contributed by atoms with Crippen LogP contribution in [0.3, 0.4) is 0 Å². The Morgan fingerprint density at radius 1 is 0.708 bits per heavy atom. The van der Waals surface area contributed by atoms with Gasteiger partial charge < -0.3 is 20.1 Å². The van der Waals surface area contributed by atoms with Crippen molar-refractivity contribution in [3.8, 4) is 5.75 Å². The summed E-state index contributed by atoms with van der Waals surface area (Å²) < 4.78 is 11.0. The van der Waals surface area contributed by atoms with Gasteiger partial charge in [-0.25, -0.2) is 4.79 Å². The molecule has 0 spiro atoms. The van der Waals surface area contributed by atoms with Gasteiger partial charge in [0.2, 0.25) is 5.91 Å². The third kappa shape index (κ3) is 11.4. The number of carbonyl (C=O) groups excluding carboxylic acids is 3. The van der Waals surface area contributed by atoms with Crippen LogP contribution in [0.2, 0.25) is 0 Å². The fourth-order valence-electron chi connectivity index (χ4n) is 5.74. The van der Waals surface area contributed by atoms with Crippen molar-refractivity contribution in [3.63, 3.8) is 0 Å². The van der Waals surface area contributed by atoms with Gasteiger partial charge in [0.25, 0.3) is 0 Å². The zero-order chi connectivity index (χ0) is 34.0. The first-order valence-electron chi connectivity index (χ1n) is 17.0. The average Bonchev–Trinajstić information content (AvgIpc) is 3.13. The summed E-state index contributed by atoms with van der Waals surface area (Å²) in [6.45, 7) is 2.97. The standard InChI is InChI=1S/C41H48N2O5/c1-3-4-5-6-11-20-34(29-31-16-9-7-10-17-31)40(45)42-27-28-48-35-25-23-32(24-26-35)30-38(41(46)47-2)43-37-22-15-14-21-36(37)39(44)33-18-12-8-13-19-33/h7-10,12-19,21-26,34,38,43H,3-6,11,20,27-30H2,1-2H3,(H,42,45). The van der Waals surface area contributed by atoms with Gasteiger partial charge in [-0.05, 0) is 48.2 Å². The predicted octanol–water partition coefficient (Wildman–Crippen LogP) is 7.83. The number of hydrogen-bond donors (Lipinski definition) is 2. The Labute approximate surface area is 285 Å². The lowest BCUT2D eigenvalue weighted by Crippen LogP contribution is -2.34. The first kappa shape index (κ1) is 35.9. The van der Waals surface area contributed by atoms with E-state index in [0.29, 0.717) is 42.1 Å². The number of nitrogens with one attached hydrogen (secondary N) is 2. The van der Waals surface area contributed by atoms with Crippen LogP contribution < -0.4 is 15.4 Å². The zero-order valence-electron chi connectivity index (χ0n) is 28.2. The van der Waals surface area contributed by atoms with Crippen molar-refractivity contribution < 1.29 is 23.9 Å². The molecule has 7 heteroatoms. The summed E-state index contributed by atoms with van der Waals surface area (Å²) in [5, 5.41) is 6.32. The van der Waals surface area contributed by atoms with Gasteiger partial charge in [0.1, 0.15) is 18.4 Å². The maximum atomic E-state index is 13.2. The molecule has 2 N–H and O–H groups in total. The van der Waals surface area contributed by atoms with E-state index in [9.17, 15) is 14.4 Å². The normalized spacial score (nSPS) is 12.0. The maximum absolute atomic E-state index is 13.2. The number of para-hydroxylation sites is 1. The Hall–Kier alpha value is -4.91. The topological polar surface area (TPSA) is 93.7 Å². The molecule has 0 aliphatic heterocycles. The molecular formula is C41H48N2O5. The van der Waals surface area contributed by atoms with Gasteiger partial charge in [0.15, 0.2) is 5.78 Å². The first-order chi connectivity index (χ1) is 23.5. The summed E-state index contributed by atoms with van der Waals surface area (Å²) in [4.78, 5) is 39.1. The van der Waals surface area contributed by atoms with Crippen LogP contribution in [-0.2, 0) is 27.2 Å². The fourth-order valence-corrected chi connectivity index (χ4v) is 5.74. The number of ketones is 1. The number of unbranched alkanes of at least 4 members (excludes halogenated alkanes) is 4. The van der Waals surface area contributed by atoms with Crippen LogP contribution in [0.1, 0.15) is 72.5 Å².